The van der Waals surface area contributed by atoms with Gasteiger partial charge in [-0.25, -0.2) is 0 Å². The van der Waals surface area contributed by atoms with Crippen LogP contribution in [-0.4, -0.2) is 5.84 Å². The summed E-state index contributed by atoms with van der Waals surface area (Å²) in [4.78, 5) is 8.17. The van der Waals surface area contributed by atoms with E-state index in [0.29, 0.717) is 0 Å². The van der Waals surface area contributed by atoms with Crippen molar-refractivity contribution in [2.24, 2.45) is 4.99 Å². The minimum Gasteiger partial charge on any atom is -0.300 e. The number of fused-ring (bicyclic) bond motifs is 4. The highest BCUT2D eigenvalue weighted by Gasteiger charge is 2.20. The van der Waals surface area contributed by atoms with Crippen LogP contribution in [0.4, 0.5) is 5.69 Å². The van der Waals surface area contributed by atoms with Crippen LogP contribution in [0.3, 0.4) is 0 Å². The number of aliphatic imine (C=N–C) groups is 1. The summed E-state index contributed by atoms with van der Waals surface area (Å²) < 4.78 is 0. The topological polar surface area (TPSA) is 15.6 Å². The van der Waals surface area contributed by atoms with Crippen molar-refractivity contribution >= 4 is 35.1 Å². The van der Waals surface area contributed by atoms with Crippen LogP contribution in [-0.2, 0) is 6.54 Å². The molecule has 2 aliphatic heterocycles. The number of amidine groups is 1. The van der Waals surface area contributed by atoms with Gasteiger partial charge < -0.3 is 4.90 Å². The molecule has 0 aliphatic carbocycles. The van der Waals surface area contributed by atoms with Crippen molar-refractivity contribution in [1.29, 1.82) is 0 Å². The van der Waals surface area contributed by atoms with E-state index in [1.165, 1.54) is 21.0 Å². The number of hydrogen-bond donors (Lipinski definition) is 0. The molecule has 2 aromatic rings. The molecule has 0 spiro atoms. The standard InChI is InChI=1S/C14H10N2S/c1-2-4-11-9-16-12-5-6-17-13(12)8-15-14(16)7-10(11)3-1/h1-7,9H,8H2. The summed E-state index contributed by atoms with van der Waals surface area (Å²) in [5.74, 6) is 1.05. The lowest BCUT2D eigenvalue weighted by atomic mass is 10.1. The van der Waals surface area contributed by atoms with E-state index in [1.54, 1.807) is 11.3 Å². The predicted octanol–water partition coefficient (Wildman–Crippen LogP) is 1.70. The third kappa shape index (κ3) is 1.29. The lowest BCUT2D eigenvalue weighted by molar-refractivity contribution is 1.06. The molecule has 0 saturated heterocycles. The van der Waals surface area contributed by atoms with Gasteiger partial charge in [-0.15, -0.1) is 11.3 Å². The second-order valence-corrected chi connectivity index (χ2v) is 5.18. The second kappa shape index (κ2) is 3.31. The molecule has 3 heterocycles. The van der Waals surface area contributed by atoms with Crippen molar-refractivity contribution in [3.05, 3.63) is 51.0 Å². The van der Waals surface area contributed by atoms with Gasteiger partial charge in [0.25, 0.3) is 0 Å². The SMILES string of the molecule is C1=c2ccccc2=CN2C1=NCc1sccc12. The third-order valence-electron chi connectivity index (χ3n) is 3.16. The van der Waals surface area contributed by atoms with Gasteiger partial charge in [-0.3, -0.25) is 4.99 Å². The minimum atomic E-state index is 0.811. The number of anilines is 1. The minimum absolute atomic E-state index is 0.811. The average Bonchev–Trinajstić information content (AvgIpc) is 2.85. The Labute approximate surface area is 103 Å². The highest BCUT2D eigenvalue weighted by atomic mass is 32.1. The lowest BCUT2D eigenvalue weighted by Crippen LogP contribution is -2.39. The Morgan fingerprint density at radius 1 is 1.12 bits per heavy atom. The Morgan fingerprint density at radius 3 is 2.94 bits per heavy atom. The van der Waals surface area contributed by atoms with Crippen LogP contribution in [0, 0.1) is 0 Å². The summed E-state index contributed by atoms with van der Waals surface area (Å²) in [6.07, 6.45) is 4.34. The van der Waals surface area contributed by atoms with Crippen LogP contribution in [0.2, 0.25) is 0 Å². The van der Waals surface area contributed by atoms with Gasteiger partial charge in [-0.05, 0) is 28.0 Å². The molecule has 2 nitrogen and oxygen atoms in total. The summed E-state index contributed by atoms with van der Waals surface area (Å²) in [5, 5.41) is 4.64. The van der Waals surface area contributed by atoms with E-state index < -0.39 is 0 Å². The van der Waals surface area contributed by atoms with E-state index in [1.807, 2.05) is 0 Å². The monoisotopic (exact) mass is 238 g/mol. The fraction of sp³-hybridized carbons (Fsp3) is 0.0714. The van der Waals surface area contributed by atoms with Crippen molar-refractivity contribution in [3.8, 4) is 0 Å². The summed E-state index contributed by atoms with van der Waals surface area (Å²) in [7, 11) is 0. The maximum absolute atomic E-state index is 4.63. The molecule has 3 heteroatoms. The largest absolute Gasteiger partial charge is 0.300 e. The normalized spacial score (nSPS) is 16.0. The van der Waals surface area contributed by atoms with Gasteiger partial charge in [0.15, 0.2) is 0 Å². The van der Waals surface area contributed by atoms with E-state index in [0.717, 1.165) is 12.4 Å². The molecular formula is C14H10N2S. The Bertz CT molecular complexity index is 740. The molecule has 0 unspecified atom stereocenters. The molecular weight excluding hydrogens is 228 g/mol. The Kier molecular flexibility index (Phi) is 1.79. The van der Waals surface area contributed by atoms with Crippen molar-refractivity contribution in [2.75, 3.05) is 4.90 Å². The maximum Gasteiger partial charge on any atom is 0.133 e. The van der Waals surface area contributed by atoms with Crippen LogP contribution in [0.15, 0.2) is 40.7 Å². The van der Waals surface area contributed by atoms with Crippen molar-refractivity contribution < 1.29 is 0 Å². The number of nitrogens with zero attached hydrogens (tertiary/aromatic N) is 2. The molecule has 0 fully saturated rings. The lowest BCUT2D eigenvalue weighted by Gasteiger charge is -2.26. The number of hydrogen-bond acceptors (Lipinski definition) is 3. The van der Waals surface area contributed by atoms with Crippen LogP contribution >= 0.6 is 11.3 Å². The van der Waals surface area contributed by atoms with Crippen molar-refractivity contribution in [3.63, 3.8) is 0 Å². The van der Waals surface area contributed by atoms with E-state index in [2.05, 4.69) is 57.9 Å². The van der Waals surface area contributed by atoms with Crippen LogP contribution in [0.1, 0.15) is 4.88 Å². The molecule has 0 radical (unpaired) electrons. The van der Waals surface area contributed by atoms with Crippen molar-refractivity contribution in [2.45, 2.75) is 6.54 Å². The van der Waals surface area contributed by atoms with Gasteiger partial charge in [0.1, 0.15) is 5.84 Å². The van der Waals surface area contributed by atoms with Gasteiger partial charge in [0.05, 0.1) is 17.1 Å². The number of thiophene rings is 1. The summed E-state index contributed by atoms with van der Waals surface area (Å²) in [5.41, 5.74) is 1.28. The van der Waals surface area contributed by atoms with Crippen LogP contribution in [0.5, 0.6) is 0 Å². The zero-order valence-electron chi connectivity index (χ0n) is 9.13. The quantitative estimate of drug-likeness (QED) is 0.682. The average molecular weight is 238 g/mol. The molecule has 2 aliphatic rings. The van der Waals surface area contributed by atoms with E-state index in [4.69, 9.17) is 0 Å². The van der Waals surface area contributed by atoms with Gasteiger partial charge in [-0.2, -0.15) is 0 Å². The maximum atomic E-state index is 4.63. The van der Waals surface area contributed by atoms with Gasteiger partial charge in [-0.1, -0.05) is 24.3 Å². The van der Waals surface area contributed by atoms with Gasteiger partial charge >= 0.3 is 0 Å². The highest BCUT2D eigenvalue weighted by molar-refractivity contribution is 7.10. The summed E-state index contributed by atoms with van der Waals surface area (Å²) in [6.45, 7) is 0.811. The summed E-state index contributed by atoms with van der Waals surface area (Å²) >= 11 is 1.78. The predicted molar refractivity (Wildman–Crippen MR) is 72.6 cm³/mol. The third-order valence-corrected chi connectivity index (χ3v) is 4.06. The van der Waals surface area contributed by atoms with E-state index in [-0.39, 0.29) is 0 Å². The molecule has 1 aromatic heterocycles. The zero-order valence-corrected chi connectivity index (χ0v) is 9.95. The van der Waals surface area contributed by atoms with Gasteiger partial charge in [0, 0.05) is 6.20 Å². The molecule has 0 bridgehead atoms. The first-order valence-corrected chi connectivity index (χ1v) is 6.48. The molecule has 17 heavy (non-hydrogen) atoms. The molecule has 0 atom stereocenters. The first-order valence-electron chi connectivity index (χ1n) is 5.60. The first-order chi connectivity index (χ1) is 8.42. The smallest absolute Gasteiger partial charge is 0.133 e. The number of benzene rings is 1. The molecule has 0 saturated carbocycles. The van der Waals surface area contributed by atoms with Gasteiger partial charge in [0.2, 0.25) is 0 Å². The Morgan fingerprint density at radius 2 is 2.00 bits per heavy atom. The summed E-state index contributed by atoms with van der Waals surface area (Å²) in [6, 6.07) is 10.6. The fourth-order valence-corrected chi connectivity index (χ4v) is 3.10. The van der Waals surface area contributed by atoms with Crippen molar-refractivity contribution in [1.82, 2.24) is 0 Å². The number of rotatable bonds is 0. The fourth-order valence-electron chi connectivity index (χ4n) is 2.31. The molecule has 82 valence electrons. The molecule has 4 rings (SSSR count). The van der Waals surface area contributed by atoms with E-state index >= 15 is 0 Å². The highest BCUT2D eigenvalue weighted by Crippen LogP contribution is 2.31. The Balaban J connectivity index is 2.02. The molecule has 0 amide bonds. The molecule has 1 aromatic carbocycles. The van der Waals surface area contributed by atoms with Crippen LogP contribution in [0.25, 0.3) is 12.3 Å². The Hall–Kier alpha value is -1.87. The molecule has 0 N–H and O–H groups in total. The first kappa shape index (κ1) is 9.19. The zero-order chi connectivity index (χ0) is 11.2. The second-order valence-electron chi connectivity index (χ2n) is 4.18. The van der Waals surface area contributed by atoms with Crippen LogP contribution < -0.4 is 15.3 Å². The van der Waals surface area contributed by atoms with E-state index in [9.17, 15) is 0 Å².